The maximum absolute atomic E-state index is 13.5. The maximum atomic E-state index is 13.5. The number of hydrogen-bond donors (Lipinski definition) is 1. The molecular weight excluding hydrogens is 300 g/mol. The van der Waals surface area contributed by atoms with E-state index in [2.05, 4.69) is 4.98 Å². The SMILES string of the molecule is NCCCc1nc2ccccc2c(=O)n1-c1cc(F)cc(F)c1. The first-order valence-corrected chi connectivity index (χ1v) is 7.27. The highest BCUT2D eigenvalue weighted by Crippen LogP contribution is 2.16. The van der Waals surface area contributed by atoms with E-state index in [4.69, 9.17) is 5.73 Å². The Hall–Kier alpha value is -2.60. The number of aryl methyl sites for hydroxylation is 1. The molecule has 0 unspecified atom stereocenters. The zero-order chi connectivity index (χ0) is 16.4. The molecule has 2 N–H and O–H groups in total. The molecule has 23 heavy (non-hydrogen) atoms. The van der Waals surface area contributed by atoms with Crippen LogP contribution in [0.15, 0.2) is 47.3 Å². The Kier molecular flexibility index (Phi) is 4.16. The van der Waals surface area contributed by atoms with Crippen LogP contribution in [0.25, 0.3) is 16.6 Å². The van der Waals surface area contributed by atoms with Crippen LogP contribution in [-0.4, -0.2) is 16.1 Å². The molecule has 1 aromatic heterocycles. The number of para-hydroxylation sites is 1. The van der Waals surface area contributed by atoms with Crippen LogP contribution in [0, 0.1) is 11.6 Å². The summed E-state index contributed by atoms with van der Waals surface area (Å²) in [6.45, 7) is 0.431. The van der Waals surface area contributed by atoms with Crippen molar-refractivity contribution in [3.63, 3.8) is 0 Å². The van der Waals surface area contributed by atoms with E-state index in [0.717, 1.165) is 18.2 Å². The van der Waals surface area contributed by atoms with Crippen LogP contribution in [0.4, 0.5) is 8.78 Å². The lowest BCUT2D eigenvalue weighted by atomic mass is 10.2. The first kappa shape index (κ1) is 15.3. The molecule has 0 saturated carbocycles. The third-order valence-corrected chi connectivity index (χ3v) is 3.56. The Labute approximate surface area is 131 Å². The number of halogens is 2. The van der Waals surface area contributed by atoms with Crippen LogP contribution in [0.5, 0.6) is 0 Å². The maximum Gasteiger partial charge on any atom is 0.265 e. The van der Waals surface area contributed by atoms with Gasteiger partial charge in [0.05, 0.1) is 16.6 Å². The molecular formula is C17H15F2N3O. The van der Waals surface area contributed by atoms with E-state index in [-0.39, 0.29) is 11.2 Å². The van der Waals surface area contributed by atoms with E-state index < -0.39 is 11.6 Å². The zero-order valence-electron chi connectivity index (χ0n) is 12.3. The molecule has 118 valence electrons. The minimum atomic E-state index is -0.746. The molecule has 0 amide bonds. The smallest absolute Gasteiger partial charge is 0.265 e. The van der Waals surface area contributed by atoms with Gasteiger partial charge in [-0.05, 0) is 37.2 Å². The fourth-order valence-corrected chi connectivity index (χ4v) is 2.54. The lowest BCUT2D eigenvalue weighted by molar-refractivity contribution is 0.580. The number of nitrogens with zero attached hydrogens (tertiary/aromatic N) is 2. The normalized spacial score (nSPS) is 11.1. The highest BCUT2D eigenvalue weighted by Gasteiger charge is 2.13. The van der Waals surface area contributed by atoms with Crippen LogP contribution in [0.2, 0.25) is 0 Å². The van der Waals surface area contributed by atoms with Crippen molar-refractivity contribution in [1.29, 1.82) is 0 Å². The van der Waals surface area contributed by atoms with Crippen molar-refractivity contribution in [1.82, 2.24) is 9.55 Å². The zero-order valence-corrected chi connectivity index (χ0v) is 12.3. The molecule has 3 aromatic rings. The highest BCUT2D eigenvalue weighted by molar-refractivity contribution is 5.77. The molecule has 0 atom stereocenters. The van der Waals surface area contributed by atoms with Crippen LogP contribution in [0.1, 0.15) is 12.2 Å². The molecule has 0 spiro atoms. The summed E-state index contributed by atoms with van der Waals surface area (Å²) in [5, 5.41) is 0.397. The summed E-state index contributed by atoms with van der Waals surface area (Å²) >= 11 is 0. The van der Waals surface area contributed by atoms with Crippen LogP contribution < -0.4 is 11.3 Å². The van der Waals surface area contributed by atoms with Crippen LogP contribution >= 0.6 is 0 Å². The number of nitrogens with two attached hydrogens (primary N) is 1. The monoisotopic (exact) mass is 315 g/mol. The minimum absolute atomic E-state index is 0.123. The van der Waals surface area contributed by atoms with Gasteiger partial charge in [0, 0.05) is 12.5 Å². The molecule has 0 fully saturated rings. The van der Waals surface area contributed by atoms with Gasteiger partial charge >= 0.3 is 0 Å². The molecule has 0 aliphatic heterocycles. The summed E-state index contributed by atoms with van der Waals surface area (Å²) in [6, 6.07) is 9.89. The second-order valence-corrected chi connectivity index (χ2v) is 5.21. The van der Waals surface area contributed by atoms with Crippen molar-refractivity contribution in [3.8, 4) is 5.69 Å². The summed E-state index contributed by atoms with van der Waals surface area (Å²) in [5.41, 5.74) is 5.85. The largest absolute Gasteiger partial charge is 0.330 e. The molecule has 0 radical (unpaired) electrons. The second-order valence-electron chi connectivity index (χ2n) is 5.21. The number of rotatable bonds is 4. The quantitative estimate of drug-likeness (QED) is 0.805. The van der Waals surface area contributed by atoms with Gasteiger partial charge in [-0.15, -0.1) is 0 Å². The van der Waals surface area contributed by atoms with Gasteiger partial charge in [0.2, 0.25) is 0 Å². The summed E-state index contributed by atoms with van der Waals surface area (Å²) < 4.78 is 28.3. The molecule has 0 bridgehead atoms. The van der Waals surface area contributed by atoms with E-state index in [0.29, 0.717) is 36.1 Å². The Morgan fingerprint density at radius 3 is 2.48 bits per heavy atom. The van der Waals surface area contributed by atoms with Gasteiger partial charge in [0.1, 0.15) is 17.5 Å². The summed E-state index contributed by atoms with van der Waals surface area (Å²) in [4.78, 5) is 17.3. The molecule has 2 aromatic carbocycles. The van der Waals surface area contributed by atoms with Crippen molar-refractivity contribution in [3.05, 3.63) is 70.3 Å². The molecule has 1 heterocycles. The van der Waals surface area contributed by atoms with Crippen molar-refractivity contribution < 1.29 is 8.78 Å². The minimum Gasteiger partial charge on any atom is -0.330 e. The lowest BCUT2D eigenvalue weighted by Crippen LogP contribution is -2.24. The van der Waals surface area contributed by atoms with E-state index in [1.165, 1.54) is 4.57 Å². The lowest BCUT2D eigenvalue weighted by Gasteiger charge is -2.13. The predicted octanol–water partition coefficient (Wildman–Crippen LogP) is 2.56. The van der Waals surface area contributed by atoms with E-state index in [1.54, 1.807) is 24.3 Å². The Morgan fingerprint density at radius 2 is 1.78 bits per heavy atom. The molecule has 6 heteroatoms. The standard InChI is InChI=1S/C17H15F2N3O/c18-11-8-12(19)10-13(9-11)22-16(6-3-7-20)21-15-5-2-1-4-14(15)17(22)23/h1-2,4-5,8-10H,3,6-7,20H2. The molecule has 4 nitrogen and oxygen atoms in total. The Balaban J connectivity index is 2.31. The first-order valence-electron chi connectivity index (χ1n) is 7.27. The van der Waals surface area contributed by atoms with Crippen molar-refractivity contribution >= 4 is 10.9 Å². The number of hydrogen-bond acceptors (Lipinski definition) is 3. The Bertz CT molecular complexity index is 901. The van der Waals surface area contributed by atoms with Gasteiger partial charge < -0.3 is 5.73 Å². The summed E-state index contributed by atoms with van der Waals surface area (Å²) in [6.07, 6.45) is 1.05. The predicted molar refractivity (Wildman–Crippen MR) is 84.6 cm³/mol. The number of benzene rings is 2. The first-order chi connectivity index (χ1) is 11.1. The fraction of sp³-hybridized carbons (Fsp3) is 0.176. The average molecular weight is 315 g/mol. The third kappa shape index (κ3) is 2.98. The second kappa shape index (κ2) is 6.26. The third-order valence-electron chi connectivity index (χ3n) is 3.56. The topological polar surface area (TPSA) is 60.9 Å². The van der Waals surface area contributed by atoms with E-state index in [9.17, 15) is 13.6 Å². The number of fused-ring (bicyclic) bond motifs is 1. The van der Waals surface area contributed by atoms with Gasteiger partial charge in [-0.3, -0.25) is 9.36 Å². The van der Waals surface area contributed by atoms with Crippen molar-refractivity contribution in [2.75, 3.05) is 6.54 Å². The van der Waals surface area contributed by atoms with Gasteiger partial charge in [0.25, 0.3) is 5.56 Å². The summed E-state index contributed by atoms with van der Waals surface area (Å²) in [5.74, 6) is -1.06. The molecule has 0 saturated heterocycles. The Morgan fingerprint density at radius 1 is 1.09 bits per heavy atom. The van der Waals surface area contributed by atoms with Crippen molar-refractivity contribution in [2.45, 2.75) is 12.8 Å². The van der Waals surface area contributed by atoms with Crippen LogP contribution in [0.3, 0.4) is 0 Å². The van der Waals surface area contributed by atoms with Crippen molar-refractivity contribution in [2.24, 2.45) is 5.73 Å². The van der Waals surface area contributed by atoms with Gasteiger partial charge in [-0.1, -0.05) is 12.1 Å². The van der Waals surface area contributed by atoms with Gasteiger partial charge in [0.15, 0.2) is 0 Å². The van der Waals surface area contributed by atoms with Crippen LogP contribution in [-0.2, 0) is 6.42 Å². The van der Waals surface area contributed by atoms with E-state index in [1.807, 2.05) is 0 Å². The summed E-state index contributed by atoms with van der Waals surface area (Å²) in [7, 11) is 0. The van der Waals surface area contributed by atoms with Gasteiger partial charge in [-0.25, -0.2) is 13.8 Å². The van der Waals surface area contributed by atoms with Gasteiger partial charge in [-0.2, -0.15) is 0 Å². The van der Waals surface area contributed by atoms with E-state index >= 15 is 0 Å². The highest BCUT2D eigenvalue weighted by atomic mass is 19.1. The number of aromatic nitrogens is 2. The molecule has 0 aliphatic carbocycles. The molecule has 3 rings (SSSR count). The average Bonchev–Trinajstić information content (AvgIpc) is 2.52. The fourth-order valence-electron chi connectivity index (χ4n) is 2.54. The molecule has 0 aliphatic rings.